The Morgan fingerprint density at radius 1 is 0.468 bits per heavy atom. The van der Waals surface area contributed by atoms with Gasteiger partial charge in [0.1, 0.15) is 6.61 Å². The van der Waals surface area contributed by atoms with E-state index in [4.69, 9.17) is 9.47 Å². The average Bonchev–Trinajstić information content (AvgIpc) is 3.07. The van der Waals surface area contributed by atoms with Gasteiger partial charge in [0.15, 0.2) is 6.10 Å². The Balaban J connectivity index is 3.50. The summed E-state index contributed by atoms with van der Waals surface area (Å²) in [5.74, 6) is -0.581. The third-order valence-electron chi connectivity index (χ3n) is 9.31. The molecule has 0 rings (SSSR count). The van der Waals surface area contributed by atoms with Crippen LogP contribution in [-0.2, 0) is 19.1 Å². The zero-order valence-electron chi connectivity index (χ0n) is 31.6. The van der Waals surface area contributed by atoms with E-state index in [2.05, 4.69) is 26.0 Å². The second kappa shape index (κ2) is 39.1. The van der Waals surface area contributed by atoms with Crippen LogP contribution in [0, 0.1) is 0 Å². The topological polar surface area (TPSA) is 72.8 Å². The second-order valence-corrected chi connectivity index (χ2v) is 14.1. The van der Waals surface area contributed by atoms with Gasteiger partial charge in [-0.15, -0.1) is 0 Å². The molecule has 5 heteroatoms. The third kappa shape index (κ3) is 37.3. The van der Waals surface area contributed by atoms with Crippen molar-refractivity contribution in [2.24, 2.45) is 0 Å². The molecule has 0 saturated heterocycles. The number of aliphatic hydroxyl groups excluding tert-OH is 1. The molecule has 0 fully saturated rings. The van der Waals surface area contributed by atoms with Crippen molar-refractivity contribution in [3.63, 3.8) is 0 Å². The lowest BCUT2D eigenvalue weighted by atomic mass is 10.0. The van der Waals surface area contributed by atoms with Gasteiger partial charge in [-0.1, -0.05) is 187 Å². The quantitative estimate of drug-likeness (QED) is 0.0404. The number of allylic oxidation sites excluding steroid dienone is 2. The van der Waals surface area contributed by atoms with E-state index < -0.39 is 6.10 Å². The first kappa shape index (κ1) is 45.6. The lowest BCUT2D eigenvalue weighted by Crippen LogP contribution is -2.28. The molecule has 0 aliphatic rings. The Kier molecular flexibility index (Phi) is 38.0. The van der Waals surface area contributed by atoms with Gasteiger partial charge in [-0.3, -0.25) is 9.59 Å². The maximum atomic E-state index is 12.2. The van der Waals surface area contributed by atoms with Crippen LogP contribution in [0.15, 0.2) is 12.2 Å². The number of aliphatic hydroxyl groups is 1. The number of carbonyl (C=O) groups excluding carboxylic acids is 2. The van der Waals surface area contributed by atoms with Crippen molar-refractivity contribution in [3.05, 3.63) is 12.2 Å². The maximum absolute atomic E-state index is 12.2. The molecule has 1 atom stereocenters. The van der Waals surface area contributed by atoms with Gasteiger partial charge in [0.25, 0.3) is 0 Å². The summed E-state index contributed by atoms with van der Waals surface area (Å²) >= 11 is 0. The minimum absolute atomic E-state index is 0.0604. The number of hydrogen-bond acceptors (Lipinski definition) is 5. The Bertz CT molecular complexity index is 676. The summed E-state index contributed by atoms with van der Waals surface area (Å²) < 4.78 is 10.6. The van der Waals surface area contributed by atoms with Gasteiger partial charge in [0, 0.05) is 12.8 Å². The molecule has 1 N–H and O–H groups in total. The number of rotatable bonds is 38. The van der Waals surface area contributed by atoms with Crippen LogP contribution in [0.2, 0.25) is 0 Å². The summed E-state index contributed by atoms with van der Waals surface area (Å²) in [6.45, 7) is 4.15. The summed E-state index contributed by atoms with van der Waals surface area (Å²) in [6.07, 6.45) is 44.2. The maximum Gasteiger partial charge on any atom is 0.306 e. The van der Waals surface area contributed by atoms with E-state index in [1.807, 2.05) is 0 Å². The molecule has 0 heterocycles. The van der Waals surface area contributed by atoms with Crippen molar-refractivity contribution in [3.8, 4) is 0 Å². The van der Waals surface area contributed by atoms with Crippen LogP contribution in [0.3, 0.4) is 0 Å². The number of esters is 2. The molecule has 0 aromatic carbocycles. The van der Waals surface area contributed by atoms with Crippen LogP contribution >= 0.6 is 0 Å². The van der Waals surface area contributed by atoms with Crippen molar-refractivity contribution in [2.45, 2.75) is 232 Å². The molecule has 0 amide bonds. The molecule has 47 heavy (non-hydrogen) atoms. The fourth-order valence-electron chi connectivity index (χ4n) is 6.14. The largest absolute Gasteiger partial charge is 0.462 e. The molecule has 0 radical (unpaired) electrons. The van der Waals surface area contributed by atoms with Crippen LogP contribution in [-0.4, -0.2) is 36.4 Å². The molecule has 0 spiro atoms. The van der Waals surface area contributed by atoms with Crippen molar-refractivity contribution in [1.82, 2.24) is 0 Å². The summed E-state index contributed by atoms with van der Waals surface area (Å²) in [5.41, 5.74) is 0. The van der Waals surface area contributed by atoms with Gasteiger partial charge >= 0.3 is 11.9 Å². The summed E-state index contributed by atoms with van der Waals surface area (Å²) in [6, 6.07) is 0. The first-order valence-corrected chi connectivity index (χ1v) is 20.7. The lowest BCUT2D eigenvalue weighted by molar-refractivity contribution is -0.161. The van der Waals surface area contributed by atoms with Crippen molar-refractivity contribution < 1.29 is 24.2 Å². The zero-order valence-corrected chi connectivity index (χ0v) is 31.6. The molecular weight excluding hydrogens is 584 g/mol. The molecule has 0 unspecified atom stereocenters. The standard InChI is InChI=1S/C42H80O5/c1-3-5-7-9-11-13-15-17-19-20-21-22-23-25-27-29-31-33-35-37-42(45)47-40(38-43)39-46-41(44)36-34-32-30-28-26-24-18-16-14-12-10-8-6-4-2/h17,19,40,43H,3-16,18,20-39H2,1-2H3/b19-17-/t40-/m0/s1. The zero-order chi connectivity index (χ0) is 34.3. The van der Waals surface area contributed by atoms with Crippen molar-refractivity contribution in [1.29, 1.82) is 0 Å². The first-order valence-electron chi connectivity index (χ1n) is 20.7. The summed E-state index contributed by atoms with van der Waals surface area (Å²) in [4.78, 5) is 24.3. The second-order valence-electron chi connectivity index (χ2n) is 14.1. The van der Waals surface area contributed by atoms with Crippen molar-refractivity contribution in [2.75, 3.05) is 13.2 Å². The van der Waals surface area contributed by atoms with E-state index in [0.29, 0.717) is 12.8 Å². The van der Waals surface area contributed by atoms with Gasteiger partial charge in [-0.2, -0.15) is 0 Å². The molecule has 0 saturated carbocycles. The minimum atomic E-state index is -0.765. The Morgan fingerprint density at radius 2 is 0.787 bits per heavy atom. The Morgan fingerprint density at radius 3 is 1.15 bits per heavy atom. The van der Waals surface area contributed by atoms with E-state index in [9.17, 15) is 14.7 Å². The fourth-order valence-corrected chi connectivity index (χ4v) is 6.14. The number of hydrogen-bond donors (Lipinski definition) is 1. The molecular formula is C42H80O5. The molecule has 0 aliphatic heterocycles. The fraction of sp³-hybridized carbons (Fsp3) is 0.905. The van der Waals surface area contributed by atoms with Crippen LogP contribution in [0.5, 0.6) is 0 Å². The van der Waals surface area contributed by atoms with E-state index >= 15 is 0 Å². The smallest absolute Gasteiger partial charge is 0.306 e. The predicted octanol–water partition coefficient (Wildman–Crippen LogP) is 12.9. The number of ether oxygens (including phenoxy) is 2. The van der Waals surface area contributed by atoms with Crippen molar-refractivity contribution >= 4 is 11.9 Å². The Labute approximate surface area is 292 Å². The van der Waals surface area contributed by atoms with Crippen LogP contribution in [0.1, 0.15) is 226 Å². The Hall–Kier alpha value is -1.36. The SMILES string of the molecule is CCCCCCCC/C=C\CCCCCCCCCCCC(=O)O[C@@H](CO)COC(=O)CCCCCCCCCCCCCCCC. The number of unbranched alkanes of at least 4 members (excludes halogenated alkanes) is 28. The third-order valence-corrected chi connectivity index (χ3v) is 9.31. The average molecular weight is 665 g/mol. The predicted molar refractivity (Wildman–Crippen MR) is 201 cm³/mol. The molecule has 0 aromatic rings. The van der Waals surface area contributed by atoms with E-state index in [1.165, 1.54) is 167 Å². The highest BCUT2D eigenvalue weighted by atomic mass is 16.6. The molecule has 0 bridgehead atoms. The summed E-state index contributed by atoms with van der Waals surface area (Å²) in [5, 5.41) is 9.56. The van der Waals surface area contributed by atoms with E-state index in [1.54, 1.807) is 0 Å². The van der Waals surface area contributed by atoms with Gasteiger partial charge in [-0.05, 0) is 38.5 Å². The van der Waals surface area contributed by atoms with E-state index in [-0.39, 0.29) is 25.2 Å². The van der Waals surface area contributed by atoms with Crippen LogP contribution in [0.25, 0.3) is 0 Å². The van der Waals surface area contributed by atoms with Gasteiger partial charge in [-0.25, -0.2) is 0 Å². The number of carbonyl (C=O) groups is 2. The lowest BCUT2D eigenvalue weighted by Gasteiger charge is -2.15. The summed E-state index contributed by atoms with van der Waals surface area (Å²) in [7, 11) is 0. The van der Waals surface area contributed by atoms with Gasteiger partial charge < -0.3 is 14.6 Å². The highest BCUT2D eigenvalue weighted by Crippen LogP contribution is 2.15. The first-order chi connectivity index (χ1) is 23.1. The van der Waals surface area contributed by atoms with Gasteiger partial charge in [0.2, 0.25) is 0 Å². The van der Waals surface area contributed by atoms with E-state index in [0.717, 1.165) is 32.1 Å². The van der Waals surface area contributed by atoms with Crippen LogP contribution < -0.4 is 0 Å². The highest BCUT2D eigenvalue weighted by Gasteiger charge is 2.16. The molecule has 5 nitrogen and oxygen atoms in total. The molecule has 0 aromatic heterocycles. The highest BCUT2D eigenvalue weighted by molar-refractivity contribution is 5.70. The monoisotopic (exact) mass is 665 g/mol. The minimum Gasteiger partial charge on any atom is -0.462 e. The molecule has 0 aliphatic carbocycles. The molecule has 278 valence electrons. The van der Waals surface area contributed by atoms with Gasteiger partial charge in [0.05, 0.1) is 6.61 Å². The van der Waals surface area contributed by atoms with Crippen LogP contribution in [0.4, 0.5) is 0 Å². The normalized spacial score (nSPS) is 12.1.